The molecule has 2 aromatic rings. The summed E-state index contributed by atoms with van der Waals surface area (Å²) in [6.45, 7) is 6.39. The molecule has 0 atom stereocenters. The first kappa shape index (κ1) is 19.9. The summed E-state index contributed by atoms with van der Waals surface area (Å²) >= 11 is 0. The van der Waals surface area contributed by atoms with Gasteiger partial charge in [0.2, 0.25) is 5.91 Å². The molecule has 28 heavy (non-hydrogen) atoms. The van der Waals surface area contributed by atoms with Crippen LogP contribution in [0.4, 0.5) is 13.2 Å². The van der Waals surface area contributed by atoms with Crippen molar-refractivity contribution in [3.63, 3.8) is 0 Å². The van der Waals surface area contributed by atoms with Crippen molar-refractivity contribution in [3.05, 3.63) is 66.2 Å². The van der Waals surface area contributed by atoms with Gasteiger partial charge in [-0.15, -0.1) is 0 Å². The van der Waals surface area contributed by atoms with Gasteiger partial charge in [-0.05, 0) is 29.3 Å². The number of nitrogens with zero attached hydrogens (tertiary/aromatic N) is 2. The van der Waals surface area contributed by atoms with E-state index in [2.05, 4.69) is 11.5 Å². The van der Waals surface area contributed by atoms with E-state index in [-0.39, 0.29) is 17.2 Å². The predicted molar refractivity (Wildman–Crippen MR) is 101 cm³/mol. The van der Waals surface area contributed by atoms with Gasteiger partial charge < -0.3 is 10.0 Å². The Labute approximate surface area is 161 Å². The minimum atomic E-state index is -4.46. The van der Waals surface area contributed by atoms with Crippen molar-refractivity contribution < 1.29 is 23.1 Å². The molecule has 0 bridgehead atoms. The van der Waals surface area contributed by atoms with E-state index < -0.39 is 11.7 Å². The minimum absolute atomic E-state index is 0.0356. The first-order valence-electron chi connectivity index (χ1n) is 8.92. The summed E-state index contributed by atoms with van der Waals surface area (Å²) in [7, 11) is 0. The Morgan fingerprint density at radius 1 is 1.11 bits per heavy atom. The fourth-order valence-electron chi connectivity index (χ4n) is 3.34. The van der Waals surface area contributed by atoms with E-state index in [1.807, 2.05) is 0 Å². The molecule has 0 spiro atoms. The predicted octanol–water partition coefficient (Wildman–Crippen LogP) is 3.91. The van der Waals surface area contributed by atoms with Gasteiger partial charge in [-0.3, -0.25) is 9.69 Å². The molecule has 3 rings (SSSR count). The molecule has 1 heterocycles. The summed E-state index contributed by atoms with van der Waals surface area (Å²) in [6, 6.07) is 9.93. The summed E-state index contributed by atoms with van der Waals surface area (Å²) in [5.74, 6) is -0.144. The van der Waals surface area contributed by atoms with E-state index >= 15 is 0 Å². The molecule has 1 amide bonds. The summed E-state index contributed by atoms with van der Waals surface area (Å²) in [6.07, 6.45) is -3.17. The number of halogens is 3. The maximum absolute atomic E-state index is 13.2. The lowest BCUT2D eigenvalue weighted by atomic mass is 9.97. The molecule has 1 N–H and O–H groups in total. The van der Waals surface area contributed by atoms with Crippen LogP contribution < -0.4 is 0 Å². The smallest absolute Gasteiger partial charge is 0.417 e. The summed E-state index contributed by atoms with van der Waals surface area (Å²) < 4.78 is 39.7. The lowest BCUT2D eigenvalue weighted by Gasteiger charge is -2.34. The Morgan fingerprint density at radius 2 is 1.79 bits per heavy atom. The van der Waals surface area contributed by atoms with Crippen LogP contribution in [0, 0.1) is 0 Å². The molecule has 0 saturated carbocycles. The second kappa shape index (κ2) is 8.06. The van der Waals surface area contributed by atoms with Crippen molar-refractivity contribution in [2.45, 2.75) is 12.7 Å². The van der Waals surface area contributed by atoms with Gasteiger partial charge in [0.15, 0.2) is 0 Å². The Hall–Kier alpha value is -2.80. The van der Waals surface area contributed by atoms with Crippen molar-refractivity contribution >= 4 is 5.91 Å². The van der Waals surface area contributed by atoms with Crippen LogP contribution in [0.2, 0.25) is 0 Å². The standard InChI is InChI=1S/C21H21F3N2O2/c1-2-20(28)26-11-9-25(10-12-26)14-16-8-7-15(13-19(16)27)17-5-3-4-6-18(17)21(22,23)24/h2-8,13,27H,1,9-12,14H2. The van der Waals surface area contributed by atoms with Gasteiger partial charge in [-0.2, -0.15) is 13.2 Å². The molecule has 2 aromatic carbocycles. The van der Waals surface area contributed by atoms with Gasteiger partial charge in [-0.1, -0.05) is 36.9 Å². The van der Waals surface area contributed by atoms with Crippen LogP contribution >= 0.6 is 0 Å². The number of alkyl halides is 3. The highest BCUT2D eigenvalue weighted by Gasteiger charge is 2.33. The molecule has 1 saturated heterocycles. The molecule has 0 unspecified atom stereocenters. The topological polar surface area (TPSA) is 43.8 Å². The third kappa shape index (κ3) is 4.36. The van der Waals surface area contributed by atoms with Gasteiger partial charge in [0.25, 0.3) is 0 Å². The molecule has 0 radical (unpaired) electrons. The number of hydrogen-bond donors (Lipinski definition) is 1. The molecule has 7 heteroatoms. The van der Waals surface area contributed by atoms with Gasteiger partial charge in [-0.25, -0.2) is 0 Å². The zero-order valence-corrected chi connectivity index (χ0v) is 15.2. The van der Waals surface area contributed by atoms with Crippen molar-refractivity contribution in [2.75, 3.05) is 26.2 Å². The normalized spacial score (nSPS) is 15.5. The summed E-state index contributed by atoms with van der Waals surface area (Å²) in [5.41, 5.74) is 0.255. The Kier molecular flexibility index (Phi) is 5.74. The highest BCUT2D eigenvalue weighted by atomic mass is 19.4. The number of piperazine rings is 1. The molecule has 1 fully saturated rings. The maximum Gasteiger partial charge on any atom is 0.417 e. The van der Waals surface area contributed by atoms with Crippen molar-refractivity contribution in [2.24, 2.45) is 0 Å². The monoisotopic (exact) mass is 390 g/mol. The second-order valence-corrected chi connectivity index (χ2v) is 6.69. The van der Waals surface area contributed by atoms with E-state index in [0.29, 0.717) is 43.9 Å². The Bertz CT molecular complexity index is 872. The Morgan fingerprint density at radius 3 is 2.39 bits per heavy atom. The SMILES string of the molecule is C=CC(=O)N1CCN(Cc2ccc(-c3ccccc3C(F)(F)F)cc2O)CC1. The quantitative estimate of drug-likeness (QED) is 0.805. The largest absolute Gasteiger partial charge is 0.508 e. The zero-order chi connectivity index (χ0) is 20.3. The van der Waals surface area contributed by atoms with E-state index in [1.54, 1.807) is 23.1 Å². The molecular formula is C21H21F3N2O2. The van der Waals surface area contributed by atoms with Crippen molar-refractivity contribution in [3.8, 4) is 16.9 Å². The van der Waals surface area contributed by atoms with Gasteiger partial charge >= 0.3 is 6.18 Å². The number of phenols is 1. The van der Waals surface area contributed by atoms with Gasteiger partial charge in [0.05, 0.1) is 5.56 Å². The van der Waals surface area contributed by atoms with Crippen molar-refractivity contribution in [1.29, 1.82) is 0 Å². The minimum Gasteiger partial charge on any atom is -0.508 e. The average Bonchev–Trinajstić information content (AvgIpc) is 2.69. The first-order chi connectivity index (χ1) is 13.3. The molecule has 148 valence electrons. The van der Waals surface area contributed by atoms with Gasteiger partial charge in [0, 0.05) is 38.3 Å². The van der Waals surface area contributed by atoms with Crippen LogP contribution in [0.1, 0.15) is 11.1 Å². The van der Waals surface area contributed by atoms with Crippen LogP contribution in [0.3, 0.4) is 0 Å². The van der Waals surface area contributed by atoms with E-state index in [1.165, 1.54) is 24.3 Å². The maximum atomic E-state index is 13.2. The number of carbonyl (C=O) groups excluding carboxylic acids is 1. The highest BCUT2D eigenvalue weighted by molar-refractivity contribution is 5.87. The third-order valence-electron chi connectivity index (χ3n) is 4.88. The number of aromatic hydroxyl groups is 1. The number of carbonyl (C=O) groups is 1. The molecule has 0 aliphatic carbocycles. The van der Waals surface area contributed by atoms with E-state index in [4.69, 9.17) is 0 Å². The average molecular weight is 390 g/mol. The van der Waals surface area contributed by atoms with Crippen LogP contribution in [-0.2, 0) is 17.5 Å². The van der Waals surface area contributed by atoms with E-state index in [9.17, 15) is 23.1 Å². The fourth-order valence-corrected chi connectivity index (χ4v) is 3.34. The summed E-state index contributed by atoms with van der Waals surface area (Å²) in [5, 5.41) is 10.4. The van der Waals surface area contributed by atoms with Crippen LogP contribution in [0.25, 0.3) is 11.1 Å². The second-order valence-electron chi connectivity index (χ2n) is 6.69. The first-order valence-corrected chi connectivity index (χ1v) is 8.92. The van der Waals surface area contributed by atoms with E-state index in [0.717, 1.165) is 6.07 Å². The van der Waals surface area contributed by atoms with Crippen LogP contribution in [-0.4, -0.2) is 47.0 Å². The van der Waals surface area contributed by atoms with Crippen LogP contribution in [0.15, 0.2) is 55.1 Å². The number of hydrogen-bond acceptors (Lipinski definition) is 3. The lowest BCUT2D eigenvalue weighted by Crippen LogP contribution is -2.47. The molecule has 1 aliphatic rings. The number of rotatable bonds is 4. The third-order valence-corrected chi connectivity index (χ3v) is 4.88. The van der Waals surface area contributed by atoms with Crippen LogP contribution in [0.5, 0.6) is 5.75 Å². The molecule has 0 aromatic heterocycles. The summed E-state index contributed by atoms with van der Waals surface area (Å²) in [4.78, 5) is 15.4. The Balaban J connectivity index is 1.74. The fraction of sp³-hybridized carbons (Fsp3) is 0.286. The zero-order valence-electron chi connectivity index (χ0n) is 15.2. The van der Waals surface area contributed by atoms with Crippen molar-refractivity contribution in [1.82, 2.24) is 9.80 Å². The highest BCUT2D eigenvalue weighted by Crippen LogP contribution is 2.38. The lowest BCUT2D eigenvalue weighted by molar-refractivity contribution is -0.137. The molecular weight excluding hydrogens is 369 g/mol. The van der Waals surface area contributed by atoms with Gasteiger partial charge in [0.1, 0.15) is 5.75 Å². The number of amides is 1. The molecule has 1 aliphatic heterocycles. The molecule has 4 nitrogen and oxygen atoms in total. The number of benzene rings is 2. The number of phenolic OH excluding ortho intramolecular Hbond substituents is 1.